The lowest BCUT2D eigenvalue weighted by atomic mass is 9.90. The highest BCUT2D eigenvalue weighted by Gasteiger charge is 2.37. The molecule has 1 aromatic rings. The molecule has 0 bridgehead atoms. The zero-order chi connectivity index (χ0) is 21.3. The molecule has 0 aliphatic carbocycles. The molecule has 4 nitrogen and oxygen atoms in total. The number of nitrogens with zero attached hydrogens (tertiary/aromatic N) is 2. The molecule has 1 heterocycles. The molecule has 1 saturated heterocycles. The summed E-state index contributed by atoms with van der Waals surface area (Å²) >= 11 is 0. The third-order valence-electron chi connectivity index (χ3n) is 5.22. The molecule has 28 heavy (non-hydrogen) atoms. The summed E-state index contributed by atoms with van der Waals surface area (Å²) in [5.74, 6) is 0.208. The van der Waals surface area contributed by atoms with Crippen molar-refractivity contribution in [3.05, 3.63) is 29.3 Å². The highest BCUT2D eigenvalue weighted by Crippen LogP contribution is 2.37. The fraction of sp³-hybridized carbons (Fsp3) is 0.611. The molecule has 158 valence electrons. The Bertz CT molecular complexity index is 663. The average molecular weight is 411 g/mol. The summed E-state index contributed by atoms with van der Waals surface area (Å²) in [5.41, 5.74) is -3.48. The normalized spacial score (nSPS) is 18.0. The number of amides is 2. The van der Waals surface area contributed by atoms with E-state index in [0.29, 0.717) is 12.1 Å². The number of hydrogen-bond donors (Lipinski definition) is 1. The fourth-order valence-electron chi connectivity index (χ4n) is 3.25. The van der Waals surface area contributed by atoms with Gasteiger partial charge >= 0.3 is 18.4 Å². The molecule has 2 rings (SSSR count). The average Bonchev–Trinajstić information content (AvgIpc) is 2.59. The van der Waals surface area contributed by atoms with Gasteiger partial charge in [0.2, 0.25) is 0 Å². The van der Waals surface area contributed by atoms with Gasteiger partial charge in [-0.1, -0.05) is 0 Å². The molecule has 1 fully saturated rings. The first-order valence-corrected chi connectivity index (χ1v) is 8.81. The summed E-state index contributed by atoms with van der Waals surface area (Å²) in [6.45, 7) is 3.56. The number of alkyl halides is 6. The molecule has 0 saturated carbocycles. The molecular formula is C18H23F6N3O. The molecule has 1 N–H and O–H groups in total. The van der Waals surface area contributed by atoms with E-state index in [4.69, 9.17) is 0 Å². The zero-order valence-electron chi connectivity index (χ0n) is 15.8. The van der Waals surface area contributed by atoms with Crippen LogP contribution >= 0.6 is 0 Å². The van der Waals surface area contributed by atoms with Gasteiger partial charge in [-0.25, -0.2) is 4.79 Å². The van der Waals surface area contributed by atoms with Crippen LogP contribution in [0.1, 0.15) is 30.9 Å². The monoisotopic (exact) mass is 411 g/mol. The van der Waals surface area contributed by atoms with Gasteiger partial charge in [0.25, 0.3) is 0 Å². The second-order valence-corrected chi connectivity index (χ2v) is 7.22. The predicted molar refractivity (Wildman–Crippen MR) is 92.9 cm³/mol. The summed E-state index contributed by atoms with van der Waals surface area (Å²) in [4.78, 5) is 15.9. The molecule has 0 aromatic heterocycles. The Morgan fingerprint density at radius 3 is 1.96 bits per heavy atom. The molecule has 1 atom stereocenters. The number of likely N-dealkylation sites (tertiary alicyclic amines) is 1. The van der Waals surface area contributed by atoms with Crippen molar-refractivity contribution >= 4 is 11.7 Å². The Balaban J connectivity index is 2.18. The van der Waals surface area contributed by atoms with Crippen LogP contribution in [0.5, 0.6) is 0 Å². The van der Waals surface area contributed by atoms with Crippen molar-refractivity contribution in [1.29, 1.82) is 0 Å². The highest BCUT2D eigenvalue weighted by molar-refractivity contribution is 5.89. The van der Waals surface area contributed by atoms with Gasteiger partial charge in [-0.05, 0) is 64.0 Å². The lowest BCUT2D eigenvalue weighted by Crippen LogP contribution is -2.45. The van der Waals surface area contributed by atoms with E-state index in [1.807, 2.05) is 14.0 Å². The van der Waals surface area contributed by atoms with Crippen LogP contribution < -0.4 is 5.32 Å². The number of nitrogens with one attached hydrogen (secondary N) is 1. The Hall–Kier alpha value is -1.97. The number of rotatable bonds is 3. The van der Waals surface area contributed by atoms with Crippen molar-refractivity contribution < 1.29 is 31.1 Å². The van der Waals surface area contributed by atoms with Gasteiger partial charge in [0.15, 0.2) is 0 Å². The van der Waals surface area contributed by atoms with Crippen molar-refractivity contribution in [3.63, 3.8) is 0 Å². The van der Waals surface area contributed by atoms with Crippen LogP contribution in [-0.2, 0) is 12.4 Å². The number of carbonyl (C=O) groups excluding carboxylic acids is 1. The number of benzene rings is 1. The number of halogens is 6. The van der Waals surface area contributed by atoms with Gasteiger partial charge in [0.1, 0.15) is 0 Å². The maximum absolute atomic E-state index is 12.9. The molecule has 1 aliphatic rings. The molecule has 1 aromatic carbocycles. The highest BCUT2D eigenvalue weighted by atomic mass is 19.4. The van der Waals surface area contributed by atoms with Gasteiger partial charge in [-0.2, -0.15) is 26.3 Å². The Kier molecular flexibility index (Phi) is 6.52. The quantitative estimate of drug-likeness (QED) is 0.717. The Morgan fingerprint density at radius 2 is 1.54 bits per heavy atom. The maximum atomic E-state index is 12.9. The van der Waals surface area contributed by atoms with E-state index in [2.05, 4.69) is 10.2 Å². The number of urea groups is 1. The molecular weight excluding hydrogens is 388 g/mol. The number of anilines is 1. The molecule has 1 aliphatic heterocycles. The second-order valence-electron chi connectivity index (χ2n) is 7.22. The van der Waals surface area contributed by atoms with E-state index in [1.165, 1.54) is 11.9 Å². The molecule has 2 amide bonds. The minimum atomic E-state index is -4.96. The van der Waals surface area contributed by atoms with Crippen molar-refractivity contribution in [2.24, 2.45) is 5.92 Å². The number of hydrogen-bond acceptors (Lipinski definition) is 2. The van der Waals surface area contributed by atoms with Crippen molar-refractivity contribution in [1.82, 2.24) is 9.80 Å². The fourth-order valence-corrected chi connectivity index (χ4v) is 3.25. The topological polar surface area (TPSA) is 35.6 Å². The number of carbonyl (C=O) groups is 1. The van der Waals surface area contributed by atoms with E-state index >= 15 is 0 Å². The lowest BCUT2D eigenvalue weighted by Gasteiger charge is -2.37. The molecule has 0 radical (unpaired) electrons. The predicted octanol–water partition coefficient (Wildman–Crippen LogP) is 4.92. The van der Waals surface area contributed by atoms with Gasteiger partial charge in [0.05, 0.1) is 11.1 Å². The molecule has 10 heteroatoms. The summed E-state index contributed by atoms with van der Waals surface area (Å²) in [5, 5.41) is 2.17. The minimum absolute atomic E-state index is 0.0283. The van der Waals surface area contributed by atoms with Gasteiger partial charge < -0.3 is 15.1 Å². The van der Waals surface area contributed by atoms with Crippen LogP contribution in [0.3, 0.4) is 0 Å². The van der Waals surface area contributed by atoms with E-state index < -0.39 is 35.2 Å². The van der Waals surface area contributed by atoms with E-state index in [1.54, 1.807) is 0 Å². The first kappa shape index (κ1) is 22.3. The van der Waals surface area contributed by atoms with Crippen molar-refractivity contribution in [3.8, 4) is 0 Å². The standard InChI is InChI=1S/C18H23F6N3O/c1-11(12-4-6-26(2)7-5-12)27(3)16(28)25-15-9-13(17(19,20)21)8-14(10-15)18(22,23)24/h8-12H,4-7H2,1-3H3,(H,25,28)/t11-/m1/s1. The largest absolute Gasteiger partial charge is 0.416 e. The van der Waals surface area contributed by atoms with Crippen LogP contribution in [0.25, 0.3) is 0 Å². The smallest absolute Gasteiger partial charge is 0.325 e. The van der Waals surface area contributed by atoms with Gasteiger partial charge in [-0.15, -0.1) is 0 Å². The van der Waals surface area contributed by atoms with Gasteiger partial charge in [-0.3, -0.25) is 0 Å². The number of piperidine rings is 1. The summed E-state index contributed by atoms with van der Waals surface area (Å²) < 4.78 is 77.6. The van der Waals surface area contributed by atoms with Crippen LogP contribution in [0, 0.1) is 5.92 Å². The van der Waals surface area contributed by atoms with E-state index in [9.17, 15) is 31.1 Å². The second kappa shape index (κ2) is 8.18. The third kappa shape index (κ3) is 5.52. The maximum Gasteiger partial charge on any atom is 0.416 e. The minimum Gasteiger partial charge on any atom is -0.325 e. The van der Waals surface area contributed by atoms with Crippen LogP contribution in [-0.4, -0.2) is 49.1 Å². The third-order valence-corrected chi connectivity index (χ3v) is 5.22. The van der Waals surface area contributed by atoms with E-state index in [-0.39, 0.29) is 18.0 Å². The summed E-state index contributed by atoms with van der Waals surface area (Å²) in [6, 6.07) is 0.0728. The van der Waals surface area contributed by atoms with Crippen molar-refractivity contribution in [2.75, 3.05) is 32.5 Å². The first-order valence-electron chi connectivity index (χ1n) is 8.81. The van der Waals surface area contributed by atoms with Crippen LogP contribution in [0.2, 0.25) is 0 Å². The van der Waals surface area contributed by atoms with E-state index in [0.717, 1.165) is 25.9 Å². The summed E-state index contributed by atoms with van der Waals surface area (Å²) in [7, 11) is 3.47. The Labute approximate surface area is 159 Å². The molecule has 0 spiro atoms. The van der Waals surface area contributed by atoms with Gasteiger partial charge in [0, 0.05) is 18.8 Å². The molecule has 0 unspecified atom stereocenters. The summed E-state index contributed by atoms with van der Waals surface area (Å²) in [6.07, 6.45) is -8.21. The van der Waals surface area contributed by atoms with Crippen molar-refractivity contribution in [2.45, 2.75) is 38.2 Å². The van der Waals surface area contributed by atoms with Crippen LogP contribution in [0.15, 0.2) is 18.2 Å². The SMILES string of the molecule is C[C@H](C1CCN(C)CC1)N(C)C(=O)Nc1cc(C(F)(F)F)cc(C(F)(F)F)c1. The Morgan fingerprint density at radius 1 is 1.07 bits per heavy atom. The zero-order valence-corrected chi connectivity index (χ0v) is 15.8. The van der Waals surface area contributed by atoms with Crippen LogP contribution in [0.4, 0.5) is 36.8 Å². The lowest BCUT2D eigenvalue weighted by molar-refractivity contribution is -0.143. The first-order chi connectivity index (χ1) is 12.8.